The van der Waals surface area contributed by atoms with Gasteiger partial charge < -0.3 is 0 Å². The van der Waals surface area contributed by atoms with E-state index >= 15 is 0 Å². The van der Waals surface area contributed by atoms with Crippen molar-refractivity contribution in [1.82, 2.24) is 0 Å². The standard InChI is InChI=1S/C4H12B.Na/c1-4(2,3)5;/h1-3,5H3;/q-1;+1. The zero-order valence-corrected chi connectivity index (χ0v) is 6.50. The van der Waals surface area contributed by atoms with E-state index < -0.39 is 0 Å². The van der Waals surface area contributed by atoms with Gasteiger partial charge >= 0.3 is 29.6 Å². The van der Waals surface area contributed by atoms with Crippen molar-refractivity contribution in [2.45, 2.75) is 26.1 Å². The first-order chi connectivity index (χ1) is 2.00. The van der Waals surface area contributed by atoms with Crippen LogP contribution >= 0.6 is 0 Å². The molecule has 0 bridgehead atoms. The zero-order valence-electron chi connectivity index (χ0n) is 4.50. The molecule has 0 aromatic carbocycles. The Labute approximate surface area is 63.4 Å². The summed E-state index contributed by atoms with van der Waals surface area (Å²) in [5.41, 5.74) is 0. The van der Waals surface area contributed by atoms with Gasteiger partial charge in [0.05, 0.1) is 0 Å². The Balaban J connectivity index is 0. The van der Waals surface area contributed by atoms with Gasteiger partial charge in [0.2, 0.25) is 0 Å². The zero-order chi connectivity index (χ0) is 4.50. The third-order valence-electron chi connectivity index (χ3n) is 0. The van der Waals surface area contributed by atoms with Crippen molar-refractivity contribution in [3.05, 3.63) is 0 Å². The topological polar surface area (TPSA) is 0 Å². The second-order valence-electron chi connectivity index (χ2n) is 1.50. The van der Waals surface area contributed by atoms with Crippen molar-refractivity contribution in [2.24, 2.45) is 0 Å². The van der Waals surface area contributed by atoms with Crippen LogP contribution in [0.15, 0.2) is 0 Å². The molecular formula is C4H12BNa. The Bertz CT molecular complexity index is 23.0. The Morgan fingerprint density at radius 2 is 1.17 bits per heavy atom. The van der Waals surface area contributed by atoms with Crippen LogP contribution in [0.4, 0.5) is 0 Å². The minimum atomic E-state index is 0. The number of hydrogen-bond donors (Lipinski definition) is 0. The second-order valence-corrected chi connectivity index (χ2v) is 1.50. The first kappa shape index (κ1) is 10.1. The molecule has 0 saturated heterocycles. The van der Waals surface area contributed by atoms with Crippen LogP contribution in [-0.4, -0.2) is 7.85 Å². The summed E-state index contributed by atoms with van der Waals surface area (Å²) in [7, 11) is 0.604. The van der Waals surface area contributed by atoms with Crippen LogP contribution in [0.3, 0.4) is 0 Å². The van der Waals surface area contributed by atoms with E-state index in [2.05, 4.69) is 20.8 Å². The monoisotopic (exact) mass is 94.1 g/mol. The van der Waals surface area contributed by atoms with E-state index in [0.29, 0.717) is 7.85 Å². The minimum absolute atomic E-state index is 0. The average molecular weight is 93.9 g/mol. The van der Waals surface area contributed by atoms with Crippen LogP contribution in [0.5, 0.6) is 0 Å². The summed E-state index contributed by atoms with van der Waals surface area (Å²) in [6.07, 6.45) is 0. The molecule has 0 aliphatic carbocycles. The van der Waals surface area contributed by atoms with Gasteiger partial charge in [-0.25, -0.2) is 0 Å². The summed E-state index contributed by atoms with van der Waals surface area (Å²) in [6.45, 7) is 6.90. The molecule has 0 rings (SSSR count). The molecule has 0 heterocycles. The van der Waals surface area contributed by atoms with Crippen molar-refractivity contribution in [3.63, 3.8) is 0 Å². The van der Waals surface area contributed by atoms with Gasteiger partial charge in [0.15, 0.2) is 0 Å². The Hall–Kier alpha value is 1.06. The van der Waals surface area contributed by atoms with Crippen molar-refractivity contribution in [1.29, 1.82) is 0 Å². The third-order valence-corrected chi connectivity index (χ3v) is 0. The fraction of sp³-hybridized carbons (Fsp3) is 1.00. The smallest absolute Gasteiger partial charge is 0.172 e. The van der Waals surface area contributed by atoms with Gasteiger partial charge in [0, 0.05) is 0 Å². The Morgan fingerprint density at radius 1 is 1.17 bits per heavy atom. The van der Waals surface area contributed by atoms with E-state index in [9.17, 15) is 0 Å². The molecule has 0 fully saturated rings. The first-order valence-electron chi connectivity index (χ1n) is 1.50. The minimum Gasteiger partial charge on any atom is -0.172 e. The molecule has 2 heteroatoms. The van der Waals surface area contributed by atoms with Crippen LogP contribution in [0.25, 0.3) is 0 Å². The summed E-state index contributed by atoms with van der Waals surface area (Å²) in [6, 6.07) is 0. The summed E-state index contributed by atoms with van der Waals surface area (Å²) in [5.74, 6) is 0. The maximum Gasteiger partial charge on any atom is 1.00 e. The molecule has 0 aromatic rings. The molecule has 0 aliphatic heterocycles. The molecule has 0 radical (unpaired) electrons. The summed E-state index contributed by atoms with van der Waals surface area (Å²) < 4.78 is 0. The summed E-state index contributed by atoms with van der Waals surface area (Å²) in [4.78, 5) is 0. The largest absolute Gasteiger partial charge is 1.00 e. The van der Waals surface area contributed by atoms with Crippen molar-refractivity contribution < 1.29 is 29.6 Å². The molecule has 6 heavy (non-hydrogen) atoms. The van der Waals surface area contributed by atoms with Crippen molar-refractivity contribution >= 4 is 7.85 Å². The van der Waals surface area contributed by atoms with Gasteiger partial charge in [0.25, 0.3) is 0 Å². The number of hydrogen-bond acceptors (Lipinski definition) is 0. The van der Waals surface area contributed by atoms with Gasteiger partial charge in [-0.2, -0.15) is 5.31 Å². The van der Waals surface area contributed by atoms with E-state index in [0.717, 1.165) is 5.31 Å². The first-order valence-corrected chi connectivity index (χ1v) is 1.50. The number of rotatable bonds is 0. The predicted molar refractivity (Wildman–Crippen MR) is 29.7 cm³/mol. The molecule has 0 nitrogen and oxygen atoms in total. The van der Waals surface area contributed by atoms with Gasteiger partial charge in [-0.15, -0.1) is 0 Å². The second kappa shape index (κ2) is 3.12. The molecule has 32 valence electrons. The van der Waals surface area contributed by atoms with Crippen LogP contribution in [0, 0.1) is 0 Å². The molecular weight excluding hydrogens is 81.8 g/mol. The van der Waals surface area contributed by atoms with Crippen LogP contribution < -0.4 is 29.6 Å². The Kier molecular flexibility index (Phi) is 5.26. The van der Waals surface area contributed by atoms with E-state index in [-0.39, 0.29) is 29.6 Å². The molecule has 0 aliphatic rings. The van der Waals surface area contributed by atoms with E-state index in [1.165, 1.54) is 0 Å². The van der Waals surface area contributed by atoms with Crippen LogP contribution in [0.1, 0.15) is 20.8 Å². The van der Waals surface area contributed by atoms with Gasteiger partial charge in [-0.1, -0.05) is 20.8 Å². The van der Waals surface area contributed by atoms with Gasteiger partial charge in [0.1, 0.15) is 0 Å². The normalized spacial score (nSPS) is 10.0. The Morgan fingerprint density at radius 3 is 1.17 bits per heavy atom. The molecule has 0 N–H and O–H groups in total. The van der Waals surface area contributed by atoms with Gasteiger partial charge in [-0.05, 0) is 7.85 Å². The molecule has 0 unspecified atom stereocenters. The fourth-order valence-electron chi connectivity index (χ4n) is 0. The van der Waals surface area contributed by atoms with E-state index in [1.54, 1.807) is 0 Å². The summed E-state index contributed by atoms with van der Waals surface area (Å²) >= 11 is 0. The third kappa shape index (κ3) is 73.8. The SMILES string of the molecule is [BH3-]C(C)(C)C.[Na+]. The van der Waals surface area contributed by atoms with Crippen LogP contribution in [0.2, 0.25) is 5.31 Å². The quantitative estimate of drug-likeness (QED) is 0.293. The maximum atomic E-state index is 2.30. The maximum absolute atomic E-state index is 2.30. The van der Waals surface area contributed by atoms with Crippen molar-refractivity contribution in [2.75, 3.05) is 0 Å². The van der Waals surface area contributed by atoms with Gasteiger partial charge in [-0.3, -0.25) is 0 Å². The summed E-state index contributed by atoms with van der Waals surface area (Å²) in [5, 5.41) is 0.750. The molecule has 0 atom stereocenters. The molecule has 0 aromatic heterocycles. The fourth-order valence-corrected chi connectivity index (χ4v) is 0. The van der Waals surface area contributed by atoms with E-state index in [1.807, 2.05) is 0 Å². The molecule has 0 spiro atoms. The molecule has 0 saturated carbocycles. The van der Waals surface area contributed by atoms with Crippen molar-refractivity contribution in [3.8, 4) is 0 Å². The molecule has 0 amide bonds. The average Bonchev–Trinajstić information content (AvgIpc) is 0.722. The van der Waals surface area contributed by atoms with E-state index in [4.69, 9.17) is 0 Å². The predicted octanol–water partition coefficient (Wildman–Crippen LogP) is -2.43. The van der Waals surface area contributed by atoms with Crippen LogP contribution in [-0.2, 0) is 0 Å².